The fraction of sp³-hybridized carbons (Fsp3) is 0.800. The van der Waals surface area contributed by atoms with E-state index < -0.39 is 0 Å². The van der Waals surface area contributed by atoms with Gasteiger partial charge >= 0.3 is 0 Å². The van der Waals surface area contributed by atoms with Crippen LogP contribution in [0.25, 0.3) is 0 Å². The third-order valence-corrected chi connectivity index (χ3v) is 2.30. The van der Waals surface area contributed by atoms with Crippen molar-refractivity contribution in [2.24, 2.45) is 0 Å². The van der Waals surface area contributed by atoms with Gasteiger partial charge in [0.2, 0.25) is 0 Å². The first-order valence-electron chi connectivity index (χ1n) is 2.37. The minimum atomic E-state index is 0.0830. The molecule has 0 aliphatic rings. The number of halogens is 1. The molecule has 0 amide bonds. The maximum absolute atomic E-state index is 8.14. The van der Waals surface area contributed by atoms with Crippen molar-refractivity contribution in [3.05, 3.63) is 0 Å². The highest BCUT2D eigenvalue weighted by Crippen LogP contribution is 2.15. The van der Waals surface area contributed by atoms with E-state index in [9.17, 15) is 0 Å². The molecule has 0 saturated heterocycles. The fourth-order valence-electron chi connectivity index (χ4n) is 0.177. The van der Waals surface area contributed by atoms with Crippen molar-refractivity contribution in [1.29, 1.82) is 5.26 Å². The summed E-state index contributed by atoms with van der Waals surface area (Å²) in [4.78, 5) is 0. The molecule has 0 saturated carbocycles. The molecule has 0 radical (unpaired) electrons. The van der Waals surface area contributed by atoms with E-state index in [1.54, 1.807) is 0 Å². The number of hydrogen-bond donors (Lipinski definition) is 0. The Morgan fingerprint density at radius 2 is 2.12 bits per heavy atom. The zero-order chi connectivity index (χ0) is 6.57. The number of thiocyanates is 1. The quantitative estimate of drug-likeness (QED) is 0.444. The van der Waals surface area contributed by atoms with Crippen molar-refractivity contribution >= 4 is 23.4 Å². The topological polar surface area (TPSA) is 23.8 Å². The molecule has 0 rings (SSSR count). The van der Waals surface area contributed by atoms with Crippen molar-refractivity contribution in [2.45, 2.75) is 24.5 Å². The van der Waals surface area contributed by atoms with Gasteiger partial charge in [0.1, 0.15) is 5.40 Å². The van der Waals surface area contributed by atoms with E-state index in [-0.39, 0.29) is 10.6 Å². The summed E-state index contributed by atoms with van der Waals surface area (Å²) in [6.07, 6.45) is 0. The van der Waals surface area contributed by atoms with Gasteiger partial charge in [0.25, 0.3) is 0 Å². The summed E-state index contributed by atoms with van der Waals surface area (Å²) in [7, 11) is 0. The molecule has 46 valence electrons. The van der Waals surface area contributed by atoms with Gasteiger partial charge in [0, 0.05) is 10.6 Å². The molecule has 0 aromatic heterocycles. The molecule has 2 atom stereocenters. The van der Waals surface area contributed by atoms with E-state index in [0.717, 1.165) is 0 Å². The number of nitrogens with zero attached hydrogens (tertiary/aromatic N) is 1. The summed E-state index contributed by atoms with van der Waals surface area (Å²) in [6.45, 7) is 3.82. The fourth-order valence-corrected chi connectivity index (χ4v) is 0.685. The molecule has 2 unspecified atom stereocenters. The molecule has 0 N–H and O–H groups in total. The van der Waals surface area contributed by atoms with E-state index in [0.29, 0.717) is 0 Å². The van der Waals surface area contributed by atoms with Crippen LogP contribution in [0.2, 0.25) is 0 Å². The van der Waals surface area contributed by atoms with Crippen LogP contribution < -0.4 is 0 Å². The number of hydrogen-bond acceptors (Lipinski definition) is 2. The van der Waals surface area contributed by atoms with Gasteiger partial charge in [0.15, 0.2) is 0 Å². The molecular formula is C5H8ClNS. The Kier molecular flexibility index (Phi) is 4.12. The number of rotatable bonds is 2. The van der Waals surface area contributed by atoms with Crippen LogP contribution in [0.1, 0.15) is 13.8 Å². The average molecular weight is 150 g/mol. The second-order valence-electron chi connectivity index (χ2n) is 1.59. The summed E-state index contributed by atoms with van der Waals surface area (Å²) in [6, 6.07) is 0. The second kappa shape index (κ2) is 4.05. The molecular weight excluding hydrogens is 142 g/mol. The van der Waals surface area contributed by atoms with Gasteiger partial charge in [-0.25, -0.2) is 0 Å². The molecule has 0 aliphatic carbocycles. The molecule has 0 fully saturated rings. The monoisotopic (exact) mass is 149 g/mol. The zero-order valence-electron chi connectivity index (χ0n) is 4.89. The number of thioether (sulfide) groups is 1. The highest BCUT2D eigenvalue weighted by Gasteiger charge is 2.07. The van der Waals surface area contributed by atoms with Crippen molar-refractivity contribution in [3.8, 4) is 5.40 Å². The van der Waals surface area contributed by atoms with Crippen LogP contribution in [-0.4, -0.2) is 10.6 Å². The Labute approximate surface area is 59.0 Å². The Balaban J connectivity index is 3.35. The second-order valence-corrected chi connectivity index (χ2v) is 3.44. The van der Waals surface area contributed by atoms with E-state index in [2.05, 4.69) is 0 Å². The molecule has 0 heterocycles. The summed E-state index contributed by atoms with van der Waals surface area (Å²) in [5.41, 5.74) is 0. The lowest BCUT2D eigenvalue weighted by atomic mass is 10.4. The van der Waals surface area contributed by atoms with Crippen LogP contribution in [0.4, 0.5) is 0 Å². The highest BCUT2D eigenvalue weighted by molar-refractivity contribution is 8.04. The van der Waals surface area contributed by atoms with E-state index >= 15 is 0 Å². The van der Waals surface area contributed by atoms with Gasteiger partial charge in [0.05, 0.1) is 0 Å². The first-order valence-corrected chi connectivity index (χ1v) is 3.69. The smallest absolute Gasteiger partial charge is 0.133 e. The van der Waals surface area contributed by atoms with Crippen LogP contribution in [-0.2, 0) is 0 Å². The maximum atomic E-state index is 8.14. The van der Waals surface area contributed by atoms with Gasteiger partial charge in [-0.05, 0) is 18.7 Å². The van der Waals surface area contributed by atoms with E-state index in [1.807, 2.05) is 19.2 Å². The summed E-state index contributed by atoms with van der Waals surface area (Å²) in [5, 5.41) is 10.4. The largest absolute Gasteiger partial charge is 0.185 e. The van der Waals surface area contributed by atoms with Gasteiger partial charge in [-0.1, -0.05) is 6.92 Å². The van der Waals surface area contributed by atoms with Crippen LogP contribution in [0.3, 0.4) is 0 Å². The van der Waals surface area contributed by atoms with Crippen LogP contribution in [0.15, 0.2) is 0 Å². The first-order chi connectivity index (χ1) is 3.68. The molecule has 0 spiro atoms. The average Bonchev–Trinajstić information content (AvgIpc) is 1.67. The predicted molar refractivity (Wildman–Crippen MR) is 38.0 cm³/mol. The molecule has 0 aliphatic heterocycles. The lowest BCUT2D eigenvalue weighted by Gasteiger charge is -2.05. The van der Waals surface area contributed by atoms with Gasteiger partial charge < -0.3 is 0 Å². The molecule has 0 aromatic carbocycles. The van der Waals surface area contributed by atoms with Gasteiger partial charge in [-0.15, -0.1) is 11.6 Å². The van der Waals surface area contributed by atoms with Crippen molar-refractivity contribution in [3.63, 3.8) is 0 Å². The molecule has 1 nitrogen and oxygen atoms in total. The third-order valence-electron chi connectivity index (χ3n) is 0.885. The maximum Gasteiger partial charge on any atom is 0.133 e. The SMILES string of the molecule is CC(Cl)C(C)SC#N. The minimum absolute atomic E-state index is 0.0830. The van der Waals surface area contributed by atoms with Crippen molar-refractivity contribution in [2.75, 3.05) is 0 Å². The Morgan fingerprint density at radius 3 is 2.25 bits per heavy atom. The molecule has 0 bridgehead atoms. The van der Waals surface area contributed by atoms with E-state index in [1.165, 1.54) is 11.8 Å². The number of nitriles is 1. The highest BCUT2D eigenvalue weighted by atomic mass is 35.5. The predicted octanol–water partition coefficient (Wildman–Crippen LogP) is 2.22. The van der Waals surface area contributed by atoms with Gasteiger partial charge in [-0.3, -0.25) is 0 Å². The first kappa shape index (κ1) is 8.13. The van der Waals surface area contributed by atoms with Crippen LogP contribution >= 0.6 is 23.4 Å². The van der Waals surface area contributed by atoms with Crippen LogP contribution in [0.5, 0.6) is 0 Å². The lowest BCUT2D eigenvalue weighted by molar-refractivity contribution is 0.919. The Bertz CT molecular complexity index is 97.1. The summed E-state index contributed by atoms with van der Waals surface area (Å²) in [5.74, 6) is 0. The standard InChI is InChI=1S/C5H8ClNS/c1-4(6)5(2)8-3-7/h4-5H,1-2H3. The molecule has 0 aromatic rings. The van der Waals surface area contributed by atoms with Crippen LogP contribution in [0, 0.1) is 10.7 Å². The zero-order valence-corrected chi connectivity index (χ0v) is 6.46. The van der Waals surface area contributed by atoms with Crippen molar-refractivity contribution in [1.82, 2.24) is 0 Å². The lowest BCUT2D eigenvalue weighted by Crippen LogP contribution is -2.07. The Hall–Kier alpha value is 0.130. The van der Waals surface area contributed by atoms with Crippen molar-refractivity contribution < 1.29 is 0 Å². The minimum Gasteiger partial charge on any atom is -0.185 e. The van der Waals surface area contributed by atoms with Gasteiger partial charge in [-0.2, -0.15) is 5.26 Å². The molecule has 8 heavy (non-hydrogen) atoms. The third kappa shape index (κ3) is 3.17. The Morgan fingerprint density at radius 1 is 1.62 bits per heavy atom. The summed E-state index contributed by atoms with van der Waals surface area (Å²) < 4.78 is 0. The normalized spacial score (nSPS) is 16.8. The van der Waals surface area contributed by atoms with E-state index in [4.69, 9.17) is 16.9 Å². The summed E-state index contributed by atoms with van der Waals surface area (Å²) >= 11 is 6.85. The number of alkyl halides is 1. The molecule has 3 heteroatoms.